The first-order valence-electron chi connectivity index (χ1n) is 5.60. The minimum absolute atomic E-state index is 0.104. The molecule has 2 aromatic rings. The van der Waals surface area contributed by atoms with Crippen molar-refractivity contribution in [3.8, 4) is 5.75 Å². The Kier molecular flexibility index (Phi) is 4.52. The van der Waals surface area contributed by atoms with Crippen molar-refractivity contribution in [1.29, 1.82) is 0 Å². The molecule has 0 bridgehead atoms. The van der Waals surface area contributed by atoms with Crippen molar-refractivity contribution in [2.24, 2.45) is 0 Å². The molecule has 0 radical (unpaired) electrons. The van der Waals surface area contributed by atoms with Crippen LogP contribution >= 0.6 is 23.2 Å². The summed E-state index contributed by atoms with van der Waals surface area (Å²) in [7, 11) is -3.27. The highest BCUT2D eigenvalue weighted by Gasteiger charge is 2.09. The zero-order valence-corrected chi connectivity index (χ0v) is 12.8. The van der Waals surface area contributed by atoms with E-state index in [1.165, 1.54) is 12.1 Å². The van der Waals surface area contributed by atoms with Crippen LogP contribution < -0.4 is 4.74 Å². The Hall–Kier alpha value is -1.30. The van der Waals surface area contributed by atoms with Gasteiger partial charge < -0.3 is 4.74 Å². The van der Waals surface area contributed by atoms with Crippen molar-refractivity contribution in [2.45, 2.75) is 11.5 Å². The van der Waals surface area contributed by atoms with Crippen molar-refractivity contribution in [3.05, 3.63) is 52.3 Å². The third-order valence-electron chi connectivity index (χ3n) is 2.49. The normalized spacial score (nSPS) is 11.3. The van der Waals surface area contributed by atoms with Crippen LogP contribution in [0, 0.1) is 0 Å². The second-order valence-electron chi connectivity index (χ2n) is 4.10. The van der Waals surface area contributed by atoms with E-state index in [1.54, 1.807) is 24.3 Å². The number of hydrogen-bond acceptors (Lipinski definition) is 4. The summed E-state index contributed by atoms with van der Waals surface area (Å²) in [5.74, 6) is 0.422. The van der Waals surface area contributed by atoms with Crippen molar-refractivity contribution >= 4 is 33.0 Å². The van der Waals surface area contributed by atoms with Gasteiger partial charge >= 0.3 is 0 Å². The lowest BCUT2D eigenvalue weighted by Crippen LogP contribution is -2.01. The van der Waals surface area contributed by atoms with Gasteiger partial charge in [0.2, 0.25) is 0 Å². The van der Waals surface area contributed by atoms with Crippen molar-refractivity contribution in [3.63, 3.8) is 0 Å². The molecular formula is C13H11Cl2NO3S. The molecule has 0 aliphatic heterocycles. The van der Waals surface area contributed by atoms with Gasteiger partial charge in [-0.2, -0.15) is 0 Å². The van der Waals surface area contributed by atoms with E-state index in [4.69, 9.17) is 27.9 Å². The lowest BCUT2D eigenvalue weighted by Gasteiger charge is -2.08. The highest BCUT2D eigenvalue weighted by molar-refractivity contribution is 7.90. The molecule has 106 valence electrons. The van der Waals surface area contributed by atoms with Gasteiger partial charge in [-0.05, 0) is 30.3 Å². The first-order valence-corrected chi connectivity index (χ1v) is 8.25. The maximum atomic E-state index is 11.5. The molecule has 0 fully saturated rings. The molecule has 7 heteroatoms. The van der Waals surface area contributed by atoms with Crippen LogP contribution in [-0.2, 0) is 16.4 Å². The minimum Gasteiger partial charge on any atom is -0.487 e. The summed E-state index contributed by atoms with van der Waals surface area (Å²) >= 11 is 11.7. The molecule has 1 aromatic heterocycles. The number of sulfone groups is 1. The number of halogens is 2. The van der Waals surface area contributed by atoms with Gasteiger partial charge in [-0.3, -0.25) is 0 Å². The van der Waals surface area contributed by atoms with E-state index in [1.807, 2.05) is 0 Å². The van der Waals surface area contributed by atoms with Crippen molar-refractivity contribution in [1.82, 2.24) is 4.98 Å². The van der Waals surface area contributed by atoms with Crippen molar-refractivity contribution in [2.75, 3.05) is 6.26 Å². The maximum Gasteiger partial charge on any atom is 0.175 e. The van der Waals surface area contributed by atoms with E-state index in [9.17, 15) is 8.42 Å². The fourth-order valence-corrected chi connectivity index (χ4v) is 2.49. The molecule has 1 aromatic carbocycles. The van der Waals surface area contributed by atoms with Crippen LogP contribution in [0.1, 0.15) is 5.69 Å². The number of benzene rings is 1. The Bertz CT molecular complexity index is 732. The minimum atomic E-state index is -3.27. The second-order valence-corrected chi connectivity index (χ2v) is 6.91. The standard InChI is InChI=1S/C13H11Cl2NO3S/c1-20(17,18)10-4-2-3-9(7-10)19-8-12-11(14)5-6-13(15)16-12/h2-7H,8H2,1H3. The Labute approximate surface area is 127 Å². The fraction of sp³-hybridized carbons (Fsp3) is 0.154. The topological polar surface area (TPSA) is 56.3 Å². The van der Waals surface area contributed by atoms with Crippen LogP contribution in [0.15, 0.2) is 41.3 Å². The smallest absolute Gasteiger partial charge is 0.175 e. The van der Waals surface area contributed by atoms with Gasteiger partial charge in [-0.25, -0.2) is 13.4 Å². The third kappa shape index (κ3) is 3.85. The lowest BCUT2D eigenvalue weighted by atomic mass is 10.3. The van der Waals surface area contributed by atoms with E-state index in [2.05, 4.69) is 4.98 Å². The van der Waals surface area contributed by atoms with Gasteiger partial charge in [0.1, 0.15) is 17.5 Å². The Morgan fingerprint density at radius 1 is 1.20 bits per heavy atom. The summed E-state index contributed by atoms with van der Waals surface area (Å²) in [6.07, 6.45) is 1.14. The van der Waals surface area contributed by atoms with Crippen LogP contribution in [0.25, 0.3) is 0 Å². The first-order chi connectivity index (χ1) is 9.36. The average Bonchev–Trinajstić information content (AvgIpc) is 2.39. The fourth-order valence-electron chi connectivity index (χ4n) is 1.51. The molecule has 0 aliphatic carbocycles. The lowest BCUT2D eigenvalue weighted by molar-refractivity contribution is 0.300. The predicted molar refractivity (Wildman–Crippen MR) is 78.1 cm³/mol. The number of rotatable bonds is 4. The molecule has 1 heterocycles. The number of hydrogen-bond donors (Lipinski definition) is 0. The van der Waals surface area contributed by atoms with Crippen LogP contribution in [0.4, 0.5) is 0 Å². The van der Waals surface area contributed by atoms with Gasteiger partial charge in [-0.15, -0.1) is 0 Å². The van der Waals surface area contributed by atoms with E-state index in [-0.39, 0.29) is 11.5 Å². The summed E-state index contributed by atoms with van der Waals surface area (Å²) in [5, 5.41) is 0.756. The number of aromatic nitrogens is 1. The molecule has 0 amide bonds. The number of nitrogens with zero attached hydrogens (tertiary/aromatic N) is 1. The maximum absolute atomic E-state index is 11.5. The van der Waals surface area contributed by atoms with Gasteiger partial charge in [-0.1, -0.05) is 29.3 Å². The molecule has 2 rings (SSSR count). The highest BCUT2D eigenvalue weighted by atomic mass is 35.5. The highest BCUT2D eigenvalue weighted by Crippen LogP contribution is 2.21. The largest absolute Gasteiger partial charge is 0.487 e. The molecule has 0 unspecified atom stereocenters. The van der Waals surface area contributed by atoms with Crippen LogP contribution in [0.2, 0.25) is 10.2 Å². The molecule has 0 saturated heterocycles. The second kappa shape index (κ2) is 5.99. The number of pyridine rings is 1. The molecule has 0 spiro atoms. The van der Waals surface area contributed by atoms with Gasteiger partial charge in [0.25, 0.3) is 0 Å². The van der Waals surface area contributed by atoms with Crippen LogP contribution in [-0.4, -0.2) is 19.7 Å². The first kappa shape index (κ1) is 15.1. The Morgan fingerprint density at radius 2 is 1.95 bits per heavy atom. The molecule has 0 atom stereocenters. The molecule has 20 heavy (non-hydrogen) atoms. The monoisotopic (exact) mass is 331 g/mol. The summed E-state index contributed by atoms with van der Waals surface area (Å²) in [6.45, 7) is 0.104. The Balaban J connectivity index is 2.17. The zero-order valence-electron chi connectivity index (χ0n) is 10.5. The van der Waals surface area contributed by atoms with Crippen LogP contribution in [0.5, 0.6) is 5.75 Å². The molecular weight excluding hydrogens is 321 g/mol. The summed E-state index contributed by atoms with van der Waals surface area (Å²) < 4.78 is 28.4. The van der Waals surface area contributed by atoms with Gasteiger partial charge in [0, 0.05) is 6.26 Å². The van der Waals surface area contributed by atoms with E-state index in [0.29, 0.717) is 21.6 Å². The number of ether oxygens (including phenoxy) is 1. The van der Waals surface area contributed by atoms with Gasteiger partial charge in [0.05, 0.1) is 15.6 Å². The summed E-state index contributed by atoms with van der Waals surface area (Å²) in [5.41, 5.74) is 0.490. The molecule has 0 saturated carbocycles. The molecule has 0 aliphatic rings. The van der Waals surface area contributed by atoms with Crippen LogP contribution in [0.3, 0.4) is 0 Å². The van der Waals surface area contributed by atoms with Gasteiger partial charge in [0.15, 0.2) is 9.84 Å². The van der Waals surface area contributed by atoms with E-state index in [0.717, 1.165) is 6.26 Å². The average molecular weight is 332 g/mol. The van der Waals surface area contributed by atoms with E-state index >= 15 is 0 Å². The summed E-state index contributed by atoms with van der Waals surface area (Å²) in [4.78, 5) is 4.24. The zero-order chi connectivity index (χ0) is 14.8. The summed E-state index contributed by atoms with van der Waals surface area (Å²) in [6, 6.07) is 9.44. The molecule has 0 N–H and O–H groups in total. The molecule has 4 nitrogen and oxygen atoms in total. The Morgan fingerprint density at radius 3 is 2.65 bits per heavy atom. The SMILES string of the molecule is CS(=O)(=O)c1cccc(OCc2nc(Cl)ccc2Cl)c1. The van der Waals surface area contributed by atoms with E-state index < -0.39 is 9.84 Å². The third-order valence-corrected chi connectivity index (χ3v) is 4.16. The quantitative estimate of drug-likeness (QED) is 0.806. The predicted octanol–water partition coefficient (Wildman–Crippen LogP) is 3.37. The van der Waals surface area contributed by atoms with Crippen molar-refractivity contribution < 1.29 is 13.2 Å².